The maximum atomic E-state index is 12.7. The third-order valence-electron chi connectivity index (χ3n) is 3.17. The third-order valence-corrected chi connectivity index (χ3v) is 5.29. The van der Waals surface area contributed by atoms with Crippen LogP contribution in [0.2, 0.25) is 0 Å². The molecule has 0 amide bonds. The Balaban J connectivity index is 2.48. The van der Waals surface area contributed by atoms with Crippen LogP contribution in [0.3, 0.4) is 0 Å². The van der Waals surface area contributed by atoms with Crippen LogP contribution in [0.15, 0.2) is 59.5 Å². The lowest BCUT2D eigenvalue weighted by atomic mass is 10.1. The van der Waals surface area contributed by atoms with Gasteiger partial charge in [0, 0.05) is 0 Å². The fourth-order valence-electron chi connectivity index (χ4n) is 2.05. The molecular weight excluding hydrogens is 270 g/mol. The molecule has 0 radical (unpaired) electrons. The smallest absolute Gasteiger partial charge is 0.186 e. The van der Waals surface area contributed by atoms with Crippen molar-refractivity contribution < 1.29 is 8.42 Å². The maximum Gasteiger partial charge on any atom is 0.186 e. The quantitative estimate of drug-likeness (QED) is 0.864. The minimum Gasteiger partial charge on any atom is -0.223 e. The molecule has 0 fully saturated rings. The lowest BCUT2D eigenvalue weighted by Crippen LogP contribution is -2.13. The molecule has 0 bridgehead atoms. The molecule has 0 aliphatic rings. The second-order valence-electron chi connectivity index (χ2n) is 4.62. The fourth-order valence-corrected chi connectivity index (χ4v) is 3.70. The Morgan fingerprint density at radius 1 is 1.05 bits per heavy atom. The Labute approximate surface area is 119 Å². The van der Waals surface area contributed by atoms with Gasteiger partial charge in [-0.1, -0.05) is 48.0 Å². The molecule has 2 aromatic carbocycles. The molecule has 0 spiro atoms. The van der Waals surface area contributed by atoms with E-state index >= 15 is 0 Å². The summed E-state index contributed by atoms with van der Waals surface area (Å²) < 4.78 is 25.4. The van der Waals surface area contributed by atoms with Gasteiger partial charge < -0.3 is 0 Å². The lowest BCUT2D eigenvalue weighted by Gasteiger charge is -2.15. The van der Waals surface area contributed by atoms with Gasteiger partial charge in [0.2, 0.25) is 0 Å². The van der Waals surface area contributed by atoms with Gasteiger partial charge in [0.25, 0.3) is 0 Å². The van der Waals surface area contributed by atoms with E-state index in [-0.39, 0.29) is 11.3 Å². The number of nitrogens with zero attached hydrogens (tertiary/aromatic N) is 1. The molecule has 0 aliphatic heterocycles. The van der Waals surface area contributed by atoms with Gasteiger partial charge >= 0.3 is 0 Å². The van der Waals surface area contributed by atoms with Crippen molar-refractivity contribution in [2.24, 2.45) is 0 Å². The van der Waals surface area contributed by atoms with Crippen molar-refractivity contribution in [1.82, 2.24) is 0 Å². The van der Waals surface area contributed by atoms with Crippen LogP contribution in [0, 0.1) is 18.3 Å². The summed E-state index contributed by atoms with van der Waals surface area (Å²) in [5, 5.41) is 8.12. The van der Waals surface area contributed by atoms with Gasteiger partial charge in [-0.25, -0.2) is 8.42 Å². The maximum absolute atomic E-state index is 12.7. The van der Waals surface area contributed by atoms with Gasteiger partial charge in [0.05, 0.1) is 17.4 Å². The molecule has 0 aliphatic carbocycles. The molecule has 1 unspecified atom stereocenters. The summed E-state index contributed by atoms with van der Waals surface area (Å²) in [7, 11) is -3.56. The normalized spacial score (nSPS) is 12.6. The van der Waals surface area contributed by atoms with E-state index in [4.69, 9.17) is 5.26 Å². The largest absolute Gasteiger partial charge is 0.223 e. The summed E-state index contributed by atoms with van der Waals surface area (Å²) in [5.74, 6) is 0. The van der Waals surface area contributed by atoms with Gasteiger partial charge in [0.15, 0.2) is 9.84 Å². The van der Waals surface area contributed by atoms with Crippen LogP contribution < -0.4 is 0 Å². The monoisotopic (exact) mass is 285 g/mol. The van der Waals surface area contributed by atoms with E-state index in [1.165, 1.54) is 0 Å². The number of sulfone groups is 1. The molecule has 0 heterocycles. The zero-order valence-corrected chi connectivity index (χ0v) is 12.0. The molecule has 3 nitrogen and oxygen atoms in total. The van der Waals surface area contributed by atoms with Crippen LogP contribution in [-0.2, 0) is 9.84 Å². The van der Waals surface area contributed by atoms with Crippen LogP contribution >= 0.6 is 0 Å². The van der Waals surface area contributed by atoms with E-state index in [0.717, 1.165) is 5.56 Å². The highest BCUT2D eigenvalue weighted by molar-refractivity contribution is 7.91. The highest BCUT2D eigenvalue weighted by Gasteiger charge is 2.28. The van der Waals surface area contributed by atoms with Gasteiger partial charge in [-0.15, -0.1) is 0 Å². The minimum atomic E-state index is -3.56. The molecule has 0 aromatic heterocycles. The second-order valence-corrected chi connectivity index (χ2v) is 6.75. The molecule has 2 aromatic rings. The summed E-state index contributed by atoms with van der Waals surface area (Å²) in [5.41, 5.74) is 1.65. The Bertz CT molecular complexity index is 713. The van der Waals surface area contributed by atoms with Crippen molar-refractivity contribution in [3.05, 3.63) is 65.7 Å². The van der Waals surface area contributed by atoms with E-state index in [9.17, 15) is 8.42 Å². The molecule has 0 N–H and O–H groups in total. The van der Waals surface area contributed by atoms with E-state index in [1.807, 2.05) is 19.1 Å². The van der Waals surface area contributed by atoms with E-state index < -0.39 is 15.1 Å². The highest BCUT2D eigenvalue weighted by Crippen LogP contribution is 2.31. The van der Waals surface area contributed by atoms with Crippen LogP contribution in [0.4, 0.5) is 0 Å². The molecular formula is C16H15NO2S. The molecule has 102 valence electrons. The van der Waals surface area contributed by atoms with E-state index in [1.54, 1.807) is 48.5 Å². The third kappa shape index (κ3) is 2.89. The van der Waals surface area contributed by atoms with Crippen LogP contribution in [-0.4, -0.2) is 8.42 Å². The number of hydrogen-bond donors (Lipinski definition) is 0. The lowest BCUT2D eigenvalue weighted by molar-refractivity contribution is 0.582. The average Bonchev–Trinajstić information content (AvgIpc) is 2.46. The second kappa shape index (κ2) is 5.89. The molecule has 1 atom stereocenters. The number of benzene rings is 2. The predicted molar refractivity (Wildman–Crippen MR) is 77.8 cm³/mol. The van der Waals surface area contributed by atoms with Crippen molar-refractivity contribution >= 4 is 9.84 Å². The molecule has 2 rings (SSSR count). The number of aryl methyl sites for hydroxylation is 1. The SMILES string of the molecule is Cc1ccc(S(=O)(=O)C(CC#N)c2ccccc2)cc1. The zero-order valence-electron chi connectivity index (χ0n) is 11.2. The first-order valence-electron chi connectivity index (χ1n) is 6.28. The van der Waals surface area contributed by atoms with Crippen molar-refractivity contribution in [2.75, 3.05) is 0 Å². The molecule has 4 heteroatoms. The van der Waals surface area contributed by atoms with Gasteiger partial charge in [0.1, 0.15) is 5.25 Å². The van der Waals surface area contributed by atoms with E-state index in [2.05, 4.69) is 0 Å². The number of nitriles is 1. The summed E-state index contributed by atoms with van der Waals surface area (Å²) in [6.45, 7) is 1.90. The van der Waals surface area contributed by atoms with Gasteiger partial charge in [-0.3, -0.25) is 0 Å². The highest BCUT2D eigenvalue weighted by atomic mass is 32.2. The Hall–Kier alpha value is -2.12. The summed E-state index contributed by atoms with van der Waals surface area (Å²) in [6.07, 6.45) is -0.0553. The van der Waals surface area contributed by atoms with Crippen molar-refractivity contribution in [2.45, 2.75) is 23.5 Å². The predicted octanol–water partition coefficient (Wildman–Crippen LogP) is 3.42. The van der Waals surface area contributed by atoms with E-state index in [0.29, 0.717) is 5.56 Å². The number of hydrogen-bond acceptors (Lipinski definition) is 3. The standard InChI is InChI=1S/C16H15NO2S/c1-13-7-9-15(10-8-13)20(18,19)16(11-12-17)14-5-3-2-4-6-14/h2-10,16H,11H2,1H3. The Morgan fingerprint density at radius 2 is 1.65 bits per heavy atom. The topological polar surface area (TPSA) is 57.9 Å². The van der Waals surface area contributed by atoms with Crippen molar-refractivity contribution in [3.8, 4) is 6.07 Å². The molecule has 20 heavy (non-hydrogen) atoms. The summed E-state index contributed by atoms with van der Waals surface area (Å²) in [6, 6.07) is 17.6. The zero-order chi connectivity index (χ0) is 14.6. The molecule has 0 saturated heterocycles. The first-order chi connectivity index (χ1) is 9.55. The Kier molecular flexibility index (Phi) is 4.21. The van der Waals surface area contributed by atoms with Crippen LogP contribution in [0.1, 0.15) is 22.8 Å². The van der Waals surface area contributed by atoms with Gasteiger partial charge in [-0.05, 0) is 24.6 Å². The van der Waals surface area contributed by atoms with Crippen molar-refractivity contribution in [1.29, 1.82) is 5.26 Å². The Morgan fingerprint density at radius 3 is 2.20 bits per heavy atom. The summed E-state index contributed by atoms with van der Waals surface area (Å²) in [4.78, 5) is 0.257. The molecule has 0 saturated carbocycles. The minimum absolute atomic E-state index is 0.0553. The summed E-state index contributed by atoms with van der Waals surface area (Å²) >= 11 is 0. The average molecular weight is 285 g/mol. The fraction of sp³-hybridized carbons (Fsp3) is 0.188. The first-order valence-corrected chi connectivity index (χ1v) is 7.83. The van der Waals surface area contributed by atoms with Gasteiger partial charge in [-0.2, -0.15) is 5.26 Å². The van der Waals surface area contributed by atoms with Crippen LogP contribution in [0.5, 0.6) is 0 Å². The number of rotatable bonds is 4. The van der Waals surface area contributed by atoms with Crippen molar-refractivity contribution in [3.63, 3.8) is 0 Å². The first kappa shape index (κ1) is 14.3. The van der Waals surface area contributed by atoms with Crippen LogP contribution in [0.25, 0.3) is 0 Å².